The highest BCUT2D eigenvalue weighted by atomic mass is 35.5. The molecule has 25 heavy (non-hydrogen) atoms. The molecule has 7 heteroatoms. The monoisotopic (exact) mass is 384 g/mol. The lowest BCUT2D eigenvalue weighted by molar-refractivity contribution is 0.191. The first-order chi connectivity index (χ1) is 12.1. The van der Waals surface area contributed by atoms with E-state index in [1.807, 2.05) is 29.6 Å². The maximum Gasteiger partial charge on any atom is 0.180 e. The van der Waals surface area contributed by atoms with Crippen LogP contribution in [0.4, 0.5) is 0 Å². The number of thiophene rings is 1. The number of hydrogen-bond donors (Lipinski definition) is 3. The Hall–Kier alpha value is -1.31. The van der Waals surface area contributed by atoms with Crippen molar-refractivity contribution in [1.82, 2.24) is 10.6 Å². The maximum atomic E-state index is 9.18. The predicted octanol–water partition coefficient (Wildman–Crippen LogP) is 3.05. The van der Waals surface area contributed by atoms with E-state index in [4.69, 9.17) is 21.1 Å². The summed E-state index contributed by atoms with van der Waals surface area (Å²) in [5.41, 5.74) is 1.03. The molecule has 2 aromatic rings. The van der Waals surface area contributed by atoms with Gasteiger partial charge in [-0.05, 0) is 36.1 Å². The van der Waals surface area contributed by atoms with E-state index in [0.29, 0.717) is 36.2 Å². The zero-order valence-electron chi connectivity index (χ0n) is 14.5. The van der Waals surface area contributed by atoms with Crippen LogP contribution in [0.5, 0.6) is 11.5 Å². The van der Waals surface area contributed by atoms with Gasteiger partial charge in [0.1, 0.15) is 6.61 Å². The summed E-state index contributed by atoms with van der Waals surface area (Å²) < 4.78 is 11.3. The van der Waals surface area contributed by atoms with Crippen LogP contribution >= 0.6 is 22.9 Å². The summed E-state index contributed by atoms with van der Waals surface area (Å²) in [4.78, 5) is 1.13. The third-order valence-corrected chi connectivity index (χ3v) is 4.61. The van der Waals surface area contributed by atoms with Crippen molar-refractivity contribution in [3.63, 3.8) is 0 Å². The Balaban J connectivity index is 1.87. The van der Waals surface area contributed by atoms with Gasteiger partial charge in [-0.25, -0.2) is 0 Å². The van der Waals surface area contributed by atoms with Crippen molar-refractivity contribution in [1.29, 1.82) is 0 Å². The molecule has 138 valence electrons. The molecular formula is C18H25ClN2O3S. The standard InChI is InChI=1S/C18H25ClN2O3S/c1-13(22)10-20-5-6-21-11-14-8-16(19)18(17(9-14)23-2)24-12-15-4-3-7-25-15/h3-4,7-9,13,20-22H,5-6,10-12H2,1-2H3/t13-/m1/s1. The Morgan fingerprint density at radius 1 is 1.28 bits per heavy atom. The molecule has 0 aliphatic heterocycles. The fraction of sp³-hybridized carbons (Fsp3) is 0.444. The molecule has 1 aromatic carbocycles. The third-order valence-electron chi connectivity index (χ3n) is 3.48. The lowest BCUT2D eigenvalue weighted by Crippen LogP contribution is -2.31. The van der Waals surface area contributed by atoms with Crippen molar-refractivity contribution in [2.75, 3.05) is 26.7 Å². The number of hydrogen-bond acceptors (Lipinski definition) is 6. The SMILES string of the molecule is COc1cc(CNCCNC[C@@H](C)O)cc(Cl)c1OCc1cccs1. The molecule has 0 fully saturated rings. The largest absolute Gasteiger partial charge is 0.493 e. The van der Waals surface area contributed by atoms with E-state index in [1.165, 1.54) is 0 Å². The van der Waals surface area contributed by atoms with Gasteiger partial charge in [0.15, 0.2) is 11.5 Å². The molecule has 0 spiro atoms. The Morgan fingerprint density at radius 2 is 2.08 bits per heavy atom. The summed E-state index contributed by atoms with van der Waals surface area (Å²) in [6.07, 6.45) is -0.329. The van der Waals surface area contributed by atoms with Crippen molar-refractivity contribution in [2.45, 2.75) is 26.2 Å². The maximum absolute atomic E-state index is 9.18. The highest BCUT2D eigenvalue weighted by Crippen LogP contribution is 2.37. The van der Waals surface area contributed by atoms with Crippen LogP contribution < -0.4 is 20.1 Å². The molecule has 0 saturated carbocycles. The summed E-state index contributed by atoms with van der Waals surface area (Å²) in [6.45, 7) is 5.09. The minimum atomic E-state index is -0.329. The van der Waals surface area contributed by atoms with Gasteiger partial charge in [0, 0.05) is 31.1 Å². The van der Waals surface area contributed by atoms with E-state index >= 15 is 0 Å². The lowest BCUT2D eigenvalue weighted by atomic mass is 10.2. The molecule has 0 bridgehead atoms. The van der Waals surface area contributed by atoms with E-state index < -0.39 is 0 Å². The second kappa shape index (κ2) is 10.6. The number of aliphatic hydroxyl groups is 1. The molecule has 0 saturated heterocycles. The number of benzene rings is 1. The number of ether oxygens (including phenoxy) is 2. The van der Waals surface area contributed by atoms with E-state index in [0.717, 1.165) is 23.5 Å². The number of methoxy groups -OCH3 is 1. The van der Waals surface area contributed by atoms with E-state index in [-0.39, 0.29) is 6.10 Å². The summed E-state index contributed by atoms with van der Waals surface area (Å²) in [6, 6.07) is 7.85. The van der Waals surface area contributed by atoms with Crippen LogP contribution in [0.3, 0.4) is 0 Å². The van der Waals surface area contributed by atoms with Crippen LogP contribution in [0.1, 0.15) is 17.4 Å². The van der Waals surface area contributed by atoms with E-state index in [2.05, 4.69) is 10.6 Å². The van der Waals surface area contributed by atoms with Crippen molar-refractivity contribution < 1.29 is 14.6 Å². The fourth-order valence-corrected chi connectivity index (χ4v) is 3.18. The third kappa shape index (κ3) is 6.84. The van der Waals surface area contributed by atoms with Gasteiger partial charge in [0.2, 0.25) is 0 Å². The van der Waals surface area contributed by atoms with Gasteiger partial charge in [0.25, 0.3) is 0 Å². The molecule has 3 N–H and O–H groups in total. The normalized spacial score (nSPS) is 12.2. The molecule has 1 aromatic heterocycles. The van der Waals surface area contributed by atoms with Crippen LogP contribution in [0.25, 0.3) is 0 Å². The number of nitrogens with one attached hydrogen (secondary N) is 2. The van der Waals surface area contributed by atoms with Gasteiger partial charge in [-0.3, -0.25) is 0 Å². The molecule has 0 amide bonds. The fourth-order valence-electron chi connectivity index (χ4n) is 2.27. The van der Waals surface area contributed by atoms with Gasteiger partial charge >= 0.3 is 0 Å². The van der Waals surface area contributed by atoms with Crippen LogP contribution in [0, 0.1) is 0 Å². The zero-order chi connectivity index (χ0) is 18.1. The average molecular weight is 385 g/mol. The molecular weight excluding hydrogens is 360 g/mol. The molecule has 0 unspecified atom stereocenters. The van der Waals surface area contributed by atoms with Crippen molar-refractivity contribution in [3.8, 4) is 11.5 Å². The number of halogens is 1. The lowest BCUT2D eigenvalue weighted by Gasteiger charge is -2.14. The van der Waals surface area contributed by atoms with Gasteiger partial charge in [0.05, 0.1) is 18.2 Å². The number of aliphatic hydroxyl groups excluding tert-OH is 1. The van der Waals surface area contributed by atoms with Crippen LogP contribution in [0.2, 0.25) is 5.02 Å². The van der Waals surface area contributed by atoms with Crippen molar-refractivity contribution in [3.05, 3.63) is 45.1 Å². The predicted molar refractivity (Wildman–Crippen MR) is 103 cm³/mol. The molecule has 0 radical (unpaired) electrons. The molecule has 1 heterocycles. The first-order valence-electron chi connectivity index (χ1n) is 8.21. The summed E-state index contributed by atoms with van der Waals surface area (Å²) in [7, 11) is 1.61. The Kier molecular flexibility index (Phi) is 8.51. The van der Waals surface area contributed by atoms with Crippen molar-refractivity contribution >= 4 is 22.9 Å². The van der Waals surface area contributed by atoms with E-state index in [1.54, 1.807) is 25.4 Å². The second-order valence-electron chi connectivity index (χ2n) is 5.71. The van der Waals surface area contributed by atoms with Gasteiger partial charge in [-0.1, -0.05) is 17.7 Å². The molecule has 0 aliphatic carbocycles. The van der Waals surface area contributed by atoms with E-state index in [9.17, 15) is 5.11 Å². The Morgan fingerprint density at radius 3 is 2.76 bits per heavy atom. The molecule has 5 nitrogen and oxygen atoms in total. The summed E-state index contributed by atoms with van der Waals surface area (Å²) >= 11 is 8.02. The molecule has 2 rings (SSSR count). The Bertz CT molecular complexity index is 636. The minimum Gasteiger partial charge on any atom is -0.493 e. The summed E-state index contributed by atoms with van der Waals surface area (Å²) in [5.74, 6) is 1.20. The smallest absolute Gasteiger partial charge is 0.180 e. The first-order valence-corrected chi connectivity index (χ1v) is 9.47. The van der Waals surface area contributed by atoms with Gasteiger partial charge in [-0.2, -0.15) is 0 Å². The van der Waals surface area contributed by atoms with Crippen LogP contribution in [-0.4, -0.2) is 38.0 Å². The molecule has 1 atom stereocenters. The van der Waals surface area contributed by atoms with Crippen molar-refractivity contribution in [2.24, 2.45) is 0 Å². The minimum absolute atomic E-state index is 0.329. The first kappa shape index (κ1) is 20.0. The second-order valence-corrected chi connectivity index (χ2v) is 7.15. The summed E-state index contributed by atoms with van der Waals surface area (Å²) in [5, 5.41) is 18.2. The Labute approximate surface area is 157 Å². The number of rotatable bonds is 11. The topological polar surface area (TPSA) is 62.8 Å². The van der Waals surface area contributed by atoms with Gasteiger partial charge < -0.3 is 25.2 Å². The molecule has 0 aliphatic rings. The quantitative estimate of drug-likeness (QED) is 0.520. The van der Waals surface area contributed by atoms with Crippen LogP contribution in [0.15, 0.2) is 29.6 Å². The zero-order valence-corrected chi connectivity index (χ0v) is 16.1. The van der Waals surface area contributed by atoms with Crippen LogP contribution in [-0.2, 0) is 13.2 Å². The highest BCUT2D eigenvalue weighted by Gasteiger charge is 2.12. The highest BCUT2D eigenvalue weighted by molar-refractivity contribution is 7.09. The average Bonchev–Trinajstić information content (AvgIpc) is 3.09. The van der Waals surface area contributed by atoms with Gasteiger partial charge in [-0.15, -0.1) is 11.3 Å².